The molecule has 0 aliphatic heterocycles. The fourth-order valence-corrected chi connectivity index (χ4v) is 1.97. The highest BCUT2D eigenvalue weighted by Gasteiger charge is 2.06. The first-order chi connectivity index (χ1) is 7.65. The van der Waals surface area contributed by atoms with Gasteiger partial charge in [0.05, 0.1) is 6.04 Å². The topological polar surface area (TPSA) is 40.7 Å². The Kier molecular flexibility index (Phi) is 3.29. The van der Waals surface area contributed by atoms with E-state index in [1.807, 2.05) is 25.3 Å². The van der Waals surface area contributed by atoms with Crippen molar-refractivity contribution >= 4 is 21.9 Å². The molecule has 2 N–H and O–H groups in total. The van der Waals surface area contributed by atoms with E-state index in [0.717, 1.165) is 16.1 Å². The predicted octanol–water partition coefficient (Wildman–Crippen LogP) is 3.65. The number of aryl methyl sites for hydroxylation is 1. The number of nitrogens with one attached hydrogen (secondary N) is 2. The normalized spacial score (nSPS) is 12.4. The Morgan fingerprint density at radius 2 is 2.25 bits per heavy atom. The molecule has 3 nitrogen and oxygen atoms in total. The molecule has 2 rings (SSSR count). The van der Waals surface area contributed by atoms with E-state index >= 15 is 0 Å². The second kappa shape index (κ2) is 4.70. The first-order valence-electron chi connectivity index (χ1n) is 5.19. The first kappa shape index (κ1) is 11.2. The lowest BCUT2D eigenvalue weighted by atomic mass is 10.1. The van der Waals surface area contributed by atoms with Gasteiger partial charge >= 0.3 is 0 Å². The number of rotatable bonds is 3. The van der Waals surface area contributed by atoms with Crippen molar-refractivity contribution < 1.29 is 0 Å². The fourth-order valence-electron chi connectivity index (χ4n) is 1.55. The van der Waals surface area contributed by atoms with Crippen LogP contribution in [0.2, 0.25) is 0 Å². The maximum absolute atomic E-state index is 4.23. The maximum Gasteiger partial charge on any atom is 0.200 e. The zero-order chi connectivity index (χ0) is 11.5. The van der Waals surface area contributed by atoms with Gasteiger partial charge < -0.3 is 10.3 Å². The standard InChI is InChI=1S/C12H14BrN3/c1-8-7-14-12(15-8)16-9(2)10-4-3-5-11(13)6-10/h3-7,9H,1-2H3,(H2,14,15,16). The molecule has 0 saturated carbocycles. The van der Waals surface area contributed by atoms with Crippen LogP contribution in [0.15, 0.2) is 34.9 Å². The van der Waals surface area contributed by atoms with E-state index in [1.54, 1.807) is 0 Å². The number of anilines is 1. The molecule has 0 bridgehead atoms. The summed E-state index contributed by atoms with van der Waals surface area (Å²) < 4.78 is 1.09. The molecule has 1 aromatic carbocycles. The largest absolute Gasteiger partial charge is 0.349 e. The molecular weight excluding hydrogens is 266 g/mol. The van der Waals surface area contributed by atoms with Crippen LogP contribution in [-0.4, -0.2) is 9.97 Å². The van der Waals surface area contributed by atoms with Crippen LogP contribution in [0.5, 0.6) is 0 Å². The Bertz CT molecular complexity index is 479. The zero-order valence-corrected chi connectivity index (χ0v) is 10.9. The average molecular weight is 280 g/mol. The number of aromatic nitrogens is 2. The van der Waals surface area contributed by atoms with Gasteiger partial charge in [-0.2, -0.15) is 0 Å². The Morgan fingerprint density at radius 1 is 1.44 bits per heavy atom. The van der Waals surface area contributed by atoms with E-state index in [-0.39, 0.29) is 6.04 Å². The third-order valence-corrected chi connectivity index (χ3v) is 2.90. The Morgan fingerprint density at radius 3 is 2.88 bits per heavy atom. The number of halogens is 1. The molecule has 0 amide bonds. The van der Waals surface area contributed by atoms with Crippen LogP contribution in [0.1, 0.15) is 24.2 Å². The molecule has 1 unspecified atom stereocenters. The Hall–Kier alpha value is -1.29. The lowest BCUT2D eigenvalue weighted by molar-refractivity contribution is 0.866. The van der Waals surface area contributed by atoms with Crippen molar-refractivity contribution in [3.8, 4) is 0 Å². The minimum absolute atomic E-state index is 0.225. The highest BCUT2D eigenvalue weighted by atomic mass is 79.9. The number of nitrogens with zero attached hydrogens (tertiary/aromatic N) is 1. The van der Waals surface area contributed by atoms with Crippen LogP contribution in [0.3, 0.4) is 0 Å². The summed E-state index contributed by atoms with van der Waals surface area (Å²) in [5, 5.41) is 3.32. The van der Waals surface area contributed by atoms with E-state index in [2.05, 4.69) is 50.3 Å². The Labute approximate surface area is 103 Å². The molecule has 0 aliphatic carbocycles. The number of H-pyrrole nitrogens is 1. The predicted molar refractivity (Wildman–Crippen MR) is 69.5 cm³/mol. The number of imidazole rings is 1. The summed E-state index contributed by atoms with van der Waals surface area (Å²) in [5.41, 5.74) is 2.28. The molecule has 0 radical (unpaired) electrons. The lowest BCUT2D eigenvalue weighted by Crippen LogP contribution is -2.07. The van der Waals surface area contributed by atoms with Gasteiger partial charge in [-0.1, -0.05) is 28.1 Å². The summed E-state index contributed by atoms with van der Waals surface area (Å²) >= 11 is 3.47. The van der Waals surface area contributed by atoms with Gasteiger partial charge in [0.1, 0.15) is 0 Å². The van der Waals surface area contributed by atoms with Crippen LogP contribution in [0.25, 0.3) is 0 Å². The summed E-state index contributed by atoms with van der Waals surface area (Å²) in [6.07, 6.45) is 1.82. The van der Waals surface area contributed by atoms with Gasteiger partial charge in [0.2, 0.25) is 5.95 Å². The highest BCUT2D eigenvalue weighted by Crippen LogP contribution is 2.20. The minimum atomic E-state index is 0.225. The molecule has 1 heterocycles. The van der Waals surface area contributed by atoms with Gasteiger partial charge in [0.15, 0.2) is 0 Å². The second-order valence-electron chi connectivity index (χ2n) is 3.84. The van der Waals surface area contributed by atoms with Crippen LogP contribution in [0, 0.1) is 6.92 Å². The summed E-state index contributed by atoms with van der Waals surface area (Å²) in [5.74, 6) is 0.810. The summed E-state index contributed by atoms with van der Waals surface area (Å²) in [7, 11) is 0. The van der Waals surface area contributed by atoms with Crippen molar-refractivity contribution in [1.29, 1.82) is 0 Å². The van der Waals surface area contributed by atoms with Crippen molar-refractivity contribution in [3.05, 3.63) is 46.2 Å². The monoisotopic (exact) mass is 279 g/mol. The zero-order valence-electron chi connectivity index (χ0n) is 9.29. The number of benzene rings is 1. The van der Waals surface area contributed by atoms with Gasteiger partial charge in [-0.25, -0.2) is 4.98 Å². The summed E-state index contributed by atoms with van der Waals surface area (Å²) in [4.78, 5) is 7.38. The van der Waals surface area contributed by atoms with Gasteiger partial charge in [-0.3, -0.25) is 0 Å². The van der Waals surface area contributed by atoms with Crippen molar-refractivity contribution in [1.82, 2.24) is 9.97 Å². The Balaban J connectivity index is 2.11. The van der Waals surface area contributed by atoms with Crippen LogP contribution in [0.4, 0.5) is 5.95 Å². The van der Waals surface area contributed by atoms with Crippen LogP contribution in [-0.2, 0) is 0 Å². The third kappa shape index (κ3) is 2.64. The molecular formula is C12H14BrN3. The SMILES string of the molecule is Cc1cnc(NC(C)c2cccc(Br)c2)[nH]1. The summed E-state index contributed by atoms with van der Waals surface area (Å²) in [6, 6.07) is 8.48. The molecule has 0 spiro atoms. The fraction of sp³-hybridized carbons (Fsp3) is 0.250. The van der Waals surface area contributed by atoms with Crippen molar-refractivity contribution in [2.45, 2.75) is 19.9 Å². The molecule has 84 valence electrons. The molecule has 16 heavy (non-hydrogen) atoms. The molecule has 0 saturated heterocycles. The molecule has 4 heteroatoms. The van der Waals surface area contributed by atoms with E-state index < -0.39 is 0 Å². The number of hydrogen-bond donors (Lipinski definition) is 2. The molecule has 0 fully saturated rings. The molecule has 1 aromatic heterocycles. The van der Waals surface area contributed by atoms with Gasteiger partial charge in [-0.15, -0.1) is 0 Å². The van der Waals surface area contributed by atoms with Crippen molar-refractivity contribution in [2.24, 2.45) is 0 Å². The minimum Gasteiger partial charge on any atom is -0.349 e. The summed E-state index contributed by atoms with van der Waals surface area (Å²) in [6.45, 7) is 4.10. The third-order valence-electron chi connectivity index (χ3n) is 2.40. The number of hydrogen-bond acceptors (Lipinski definition) is 2. The number of aromatic amines is 1. The van der Waals surface area contributed by atoms with Gasteiger partial charge in [0, 0.05) is 16.4 Å². The van der Waals surface area contributed by atoms with E-state index in [4.69, 9.17) is 0 Å². The van der Waals surface area contributed by atoms with Crippen LogP contribution >= 0.6 is 15.9 Å². The van der Waals surface area contributed by atoms with Crippen molar-refractivity contribution in [3.63, 3.8) is 0 Å². The van der Waals surface area contributed by atoms with E-state index in [9.17, 15) is 0 Å². The van der Waals surface area contributed by atoms with Gasteiger partial charge in [0.25, 0.3) is 0 Å². The quantitative estimate of drug-likeness (QED) is 0.900. The lowest BCUT2D eigenvalue weighted by Gasteiger charge is -2.13. The van der Waals surface area contributed by atoms with Crippen LogP contribution < -0.4 is 5.32 Å². The smallest absolute Gasteiger partial charge is 0.200 e. The van der Waals surface area contributed by atoms with Crippen molar-refractivity contribution in [2.75, 3.05) is 5.32 Å². The first-order valence-corrected chi connectivity index (χ1v) is 5.98. The highest BCUT2D eigenvalue weighted by molar-refractivity contribution is 9.10. The molecule has 1 atom stereocenters. The molecule has 0 aliphatic rings. The van der Waals surface area contributed by atoms with Gasteiger partial charge in [-0.05, 0) is 31.5 Å². The second-order valence-corrected chi connectivity index (χ2v) is 4.75. The van der Waals surface area contributed by atoms with E-state index in [0.29, 0.717) is 0 Å². The maximum atomic E-state index is 4.23. The average Bonchev–Trinajstić information content (AvgIpc) is 2.64. The molecule has 2 aromatic rings. The van der Waals surface area contributed by atoms with E-state index in [1.165, 1.54) is 5.56 Å².